The number of nitrogens with zero attached hydrogens (tertiary/aromatic N) is 3. The summed E-state index contributed by atoms with van der Waals surface area (Å²) in [5.74, 6) is -0.338. The standard InChI is InChI=1S/C13H14F3N3O2/c1-18(7-2-6-17)11(20)5-8-19-9-10(13(14,15)16)3-4-12(19)21/h3-4,9H,2,5,7-8H2,1H3. The van der Waals surface area contributed by atoms with Crippen LogP contribution in [0.15, 0.2) is 23.1 Å². The molecule has 0 unspecified atom stereocenters. The van der Waals surface area contributed by atoms with Crippen LogP contribution in [-0.2, 0) is 17.5 Å². The molecule has 0 saturated heterocycles. The largest absolute Gasteiger partial charge is 0.417 e. The van der Waals surface area contributed by atoms with E-state index in [0.717, 1.165) is 10.6 Å². The van der Waals surface area contributed by atoms with Gasteiger partial charge in [-0.25, -0.2) is 0 Å². The number of aromatic nitrogens is 1. The van der Waals surface area contributed by atoms with Gasteiger partial charge in [-0.15, -0.1) is 0 Å². The zero-order chi connectivity index (χ0) is 16.0. The molecule has 21 heavy (non-hydrogen) atoms. The van der Waals surface area contributed by atoms with E-state index in [1.807, 2.05) is 6.07 Å². The summed E-state index contributed by atoms with van der Waals surface area (Å²) in [7, 11) is 1.49. The fourth-order valence-corrected chi connectivity index (χ4v) is 1.62. The summed E-state index contributed by atoms with van der Waals surface area (Å²) in [5.41, 5.74) is -1.54. The molecule has 1 heterocycles. The molecule has 1 aromatic rings. The van der Waals surface area contributed by atoms with Gasteiger partial charge in [0.05, 0.1) is 18.1 Å². The molecule has 5 nitrogen and oxygen atoms in total. The number of pyridine rings is 1. The van der Waals surface area contributed by atoms with Crippen molar-refractivity contribution in [3.8, 4) is 6.07 Å². The average molecular weight is 301 g/mol. The van der Waals surface area contributed by atoms with Crippen molar-refractivity contribution in [2.45, 2.75) is 25.6 Å². The van der Waals surface area contributed by atoms with Crippen molar-refractivity contribution in [1.29, 1.82) is 5.26 Å². The van der Waals surface area contributed by atoms with E-state index in [4.69, 9.17) is 5.26 Å². The lowest BCUT2D eigenvalue weighted by atomic mass is 10.2. The van der Waals surface area contributed by atoms with Crippen molar-refractivity contribution < 1.29 is 18.0 Å². The Bertz CT molecular complexity index is 602. The Kier molecular flexibility index (Phi) is 5.52. The first-order valence-electron chi connectivity index (χ1n) is 6.14. The van der Waals surface area contributed by atoms with E-state index in [9.17, 15) is 22.8 Å². The minimum absolute atomic E-state index is 0.108. The summed E-state index contributed by atoms with van der Waals surface area (Å²) in [6.45, 7) is 0.102. The quantitative estimate of drug-likeness (QED) is 0.830. The first-order chi connectivity index (χ1) is 9.75. The molecule has 0 aliphatic carbocycles. The second-order valence-corrected chi connectivity index (χ2v) is 4.42. The highest BCUT2D eigenvalue weighted by Crippen LogP contribution is 2.27. The highest BCUT2D eigenvalue weighted by Gasteiger charge is 2.31. The molecule has 1 amide bonds. The maximum Gasteiger partial charge on any atom is 0.417 e. The summed E-state index contributed by atoms with van der Waals surface area (Å²) in [6.07, 6.45) is -3.77. The lowest BCUT2D eigenvalue weighted by Crippen LogP contribution is -2.30. The van der Waals surface area contributed by atoms with E-state index in [-0.39, 0.29) is 31.8 Å². The van der Waals surface area contributed by atoms with Crippen molar-refractivity contribution >= 4 is 5.91 Å². The molecular formula is C13H14F3N3O2. The third-order valence-corrected chi connectivity index (χ3v) is 2.86. The monoisotopic (exact) mass is 301 g/mol. The second-order valence-electron chi connectivity index (χ2n) is 4.42. The smallest absolute Gasteiger partial charge is 0.345 e. The minimum Gasteiger partial charge on any atom is -0.345 e. The van der Waals surface area contributed by atoms with E-state index in [1.54, 1.807) is 0 Å². The summed E-state index contributed by atoms with van der Waals surface area (Å²) >= 11 is 0. The van der Waals surface area contributed by atoms with E-state index in [1.165, 1.54) is 11.9 Å². The molecule has 114 valence electrons. The summed E-state index contributed by atoms with van der Waals surface area (Å²) in [5, 5.41) is 8.41. The van der Waals surface area contributed by atoms with Crippen molar-refractivity contribution in [2.75, 3.05) is 13.6 Å². The Balaban J connectivity index is 2.74. The third-order valence-electron chi connectivity index (χ3n) is 2.86. The second kappa shape index (κ2) is 6.92. The maximum absolute atomic E-state index is 12.5. The molecule has 0 fully saturated rings. The Morgan fingerprint density at radius 3 is 2.67 bits per heavy atom. The van der Waals surface area contributed by atoms with Gasteiger partial charge in [0, 0.05) is 38.8 Å². The van der Waals surface area contributed by atoms with Crippen LogP contribution in [0.2, 0.25) is 0 Å². The van der Waals surface area contributed by atoms with Crippen molar-refractivity contribution in [2.24, 2.45) is 0 Å². The maximum atomic E-state index is 12.5. The van der Waals surface area contributed by atoms with Gasteiger partial charge in [-0.3, -0.25) is 9.59 Å². The van der Waals surface area contributed by atoms with Crippen molar-refractivity contribution in [3.63, 3.8) is 0 Å². The van der Waals surface area contributed by atoms with E-state index in [0.29, 0.717) is 12.3 Å². The molecule has 0 bridgehead atoms. The van der Waals surface area contributed by atoms with Crippen LogP contribution in [-0.4, -0.2) is 29.0 Å². The van der Waals surface area contributed by atoms with Crippen LogP contribution in [0.5, 0.6) is 0 Å². The predicted molar refractivity (Wildman–Crippen MR) is 68.2 cm³/mol. The number of hydrogen-bond acceptors (Lipinski definition) is 3. The zero-order valence-electron chi connectivity index (χ0n) is 11.4. The lowest BCUT2D eigenvalue weighted by Gasteiger charge is -2.16. The van der Waals surface area contributed by atoms with Crippen LogP contribution in [0.25, 0.3) is 0 Å². The first-order valence-corrected chi connectivity index (χ1v) is 6.14. The molecule has 0 aliphatic heterocycles. The molecule has 0 spiro atoms. The van der Waals surface area contributed by atoms with Crippen LogP contribution >= 0.6 is 0 Å². The number of halogens is 3. The molecule has 8 heteroatoms. The Hall–Kier alpha value is -2.30. The van der Waals surface area contributed by atoms with Gasteiger partial charge in [-0.1, -0.05) is 0 Å². The van der Waals surface area contributed by atoms with Crippen LogP contribution < -0.4 is 5.56 Å². The molecule has 0 atom stereocenters. The number of nitriles is 1. The van der Waals surface area contributed by atoms with Gasteiger partial charge in [0.1, 0.15) is 0 Å². The fraction of sp³-hybridized carbons (Fsp3) is 0.462. The third kappa shape index (κ3) is 4.95. The lowest BCUT2D eigenvalue weighted by molar-refractivity contribution is -0.138. The Labute approximate surface area is 119 Å². The van der Waals surface area contributed by atoms with Gasteiger partial charge in [0.25, 0.3) is 5.56 Å². The molecule has 0 aliphatic rings. The molecule has 1 aromatic heterocycles. The van der Waals surface area contributed by atoms with Crippen LogP contribution in [0.3, 0.4) is 0 Å². The van der Waals surface area contributed by atoms with Gasteiger partial charge in [0.15, 0.2) is 0 Å². The summed E-state index contributed by atoms with van der Waals surface area (Å²) in [4.78, 5) is 24.5. The van der Waals surface area contributed by atoms with E-state index >= 15 is 0 Å². The molecule has 0 radical (unpaired) electrons. The van der Waals surface area contributed by atoms with E-state index in [2.05, 4.69) is 0 Å². The van der Waals surface area contributed by atoms with Gasteiger partial charge in [-0.05, 0) is 6.07 Å². The van der Waals surface area contributed by atoms with E-state index < -0.39 is 17.3 Å². The van der Waals surface area contributed by atoms with Gasteiger partial charge in [-0.2, -0.15) is 18.4 Å². The molecule has 1 rings (SSSR count). The number of alkyl halides is 3. The van der Waals surface area contributed by atoms with Gasteiger partial charge in [0.2, 0.25) is 5.91 Å². The van der Waals surface area contributed by atoms with Crippen molar-refractivity contribution in [1.82, 2.24) is 9.47 Å². The Morgan fingerprint density at radius 2 is 2.10 bits per heavy atom. The molecule has 0 aromatic carbocycles. The SMILES string of the molecule is CN(CCC#N)C(=O)CCn1cc(C(F)(F)F)ccc1=O. The zero-order valence-corrected chi connectivity index (χ0v) is 11.4. The van der Waals surface area contributed by atoms with Gasteiger partial charge >= 0.3 is 6.18 Å². The van der Waals surface area contributed by atoms with Crippen LogP contribution in [0.4, 0.5) is 13.2 Å². The first kappa shape index (κ1) is 16.8. The van der Waals surface area contributed by atoms with Crippen molar-refractivity contribution in [3.05, 3.63) is 34.2 Å². The number of rotatable bonds is 5. The van der Waals surface area contributed by atoms with Gasteiger partial charge < -0.3 is 9.47 Å². The fourth-order valence-electron chi connectivity index (χ4n) is 1.62. The van der Waals surface area contributed by atoms with Crippen LogP contribution in [0, 0.1) is 11.3 Å². The normalized spacial score (nSPS) is 11.0. The average Bonchev–Trinajstić information content (AvgIpc) is 2.42. The Morgan fingerprint density at radius 1 is 1.43 bits per heavy atom. The molecular weight excluding hydrogens is 287 g/mol. The number of hydrogen-bond donors (Lipinski definition) is 0. The summed E-state index contributed by atoms with van der Waals surface area (Å²) in [6, 6.07) is 3.42. The number of carbonyl (C=O) groups is 1. The molecule has 0 N–H and O–H groups in total. The molecule has 0 saturated carbocycles. The minimum atomic E-state index is -4.54. The van der Waals surface area contributed by atoms with Crippen LogP contribution in [0.1, 0.15) is 18.4 Å². The highest BCUT2D eigenvalue weighted by atomic mass is 19.4. The highest BCUT2D eigenvalue weighted by molar-refractivity contribution is 5.75. The predicted octanol–water partition coefficient (Wildman–Crippen LogP) is 1.63. The topological polar surface area (TPSA) is 66.1 Å². The number of amides is 1. The summed E-state index contributed by atoms with van der Waals surface area (Å²) < 4.78 is 38.5. The number of carbonyl (C=O) groups excluding carboxylic acids is 1. The number of aryl methyl sites for hydroxylation is 1.